The molecule has 0 aromatic carbocycles. The van der Waals surface area contributed by atoms with E-state index >= 15 is 0 Å². The van der Waals surface area contributed by atoms with Crippen LogP contribution in [0.5, 0.6) is 0 Å². The number of allylic oxidation sites excluding steroid dienone is 11. The van der Waals surface area contributed by atoms with E-state index < -0.39 is 0 Å². The Bertz CT molecular complexity index is 651. The summed E-state index contributed by atoms with van der Waals surface area (Å²) in [6.45, 7) is 20.2. The molecule has 0 aliphatic heterocycles. The second-order valence-corrected chi connectivity index (χ2v) is 8.45. The Morgan fingerprint density at radius 1 is 1.10 bits per heavy atom. The number of thiocarbonyl (C=S) groups is 1. The van der Waals surface area contributed by atoms with E-state index in [4.69, 9.17) is 6.42 Å². The molecule has 0 fully saturated rings. The molecule has 0 N–H and O–H groups in total. The molecule has 0 aromatic rings. The fourth-order valence-corrected chi connectivity index (χ4v) is 2.38. The normalized spacial score (nSPS) is 13.1. The van der Waals surface area contributed by atoms with Crippen LogP contribution in [0.1, 0.15) is 100 Å². The van der Waals surface area contributed by atoms with Crippen LogP contribution in [0.2, 0.25) is 0 Å². The maximum Gasteiger partial charge on any atom is 0.00525 e. The van der Waals surface area contributed by atoms with Crippen molar-refractivity contribution >= 4 is 17.1 Å². The summed E-state index contributed by atoms with van der Waals surface area (Å²) in [6.07, 6.45) is 28.4. The zero-order valence-electron chi connectivity index (χ0n) is 21.7. The Morgan fingerprint density at radius 3 is 2.10 bits per heavy atom. The van der Waals surface area contributed by atoms with Crippen LogP contribution in [-0.4, -0.2) is 4.86 Å². The van der Waals surface area contributed by atoms with Gasteiger partial charge in [-0.05, 0) is 70.7 Å². The first-order valence-electron chi connectivity index (χ1n) is 11.7. The van der Waals surface area contributed by atoms with E-state index in [9.17, 15) is 0 Å². The van der Waals surface area contributed by atoms with Gasteiger partial charge in [-0.1, -0.05) is 118 Å². The van der Waals surface area contributed by atoms with Gasteiger partial charge in [-0.15, -0.1) is 6.42 Å². The third-order valence-electron chi connectivity index (χ3n) is 4.01. The Morgan fingerprint density at radius 2 is 1.68 bits per heavy atom. The first-order chi connectivity index (χ1) is 14.7. The monoisotopic (exact) mass is 440 g/mol. The second-order valence-electron chi connectivity index (χ2n) is 7.64. The number of rotatable bonds is 7. The maximum absolute atomic E-state index is 5.42. The van der Waals surface area contributed by atoms with Gasteiger partial charge in [0, 0.05) is 5.57 Å². The average Bonchev–Trinajstić information content (AvgIpc) is 2.73. The van der Waals surface area contributed by atoms with Gasteiger partial charge in [0.15, 0.2) is 0 Å². The molecule has 0 bridgehead atoms. The lowest BCUT2D eigenvalue weighted by atomic mass is 9.94. The molecule has 0 saturated heterocycles. The molecule has 0 amide bonds. The fourth-order valence-electron chi connectivity index (χ4n) is 2.38. The van der Waals surface area contributed by atoms with Crippen molar-refractivity contribution in [2.75, 3.05) is 0 Å². The van der Waals surface area contributed by atoms with E-state index in [2.05, 4.69) is 83.6 Å². The third kappa shape index (κ3) is 28.1. The van der Waals surface area contributed by atoms with Crippen LogP contribution in [0.4, 0.5) is 0 Å². The van der Waals surface area contributed by atoms with Crippen LogP contribution < -0.4 is 0 Å². The Labute approximate surface area is 201 Å². The molecule has 0 saturated carbocycles. The molecule has 0 unspecified atom stereocenters. The third-order valence-corrected chi connectivity index (χ3v) is 4.01. The van der Waals surface area contributed by atoms with Crippen molar-refractivity contribution in [1.29, 1.82) is 0 Å². The van der Waals surface area contributed by atoms with E-state index in [1.165, 1.54) is 48.0 Å². The quantitative estimate of drug-likeness (QED) is 0.215. The van der Waals surface area contributed by atoms with Crippen LogP contribution in [0, 0.1) is 12.3 Å². The summed E-state index contributed by atoms with van der Waals surface area (Å²) >= 11 is 4.54. The molecule has 0 atom stereocenters. The minimum absolute atomic E-state index is 1.00. The van der Waals surface area contributed by atoms with E-state index in [0.29, 0.717) is 0 Å². The molecule has 0 radical (unpaired) electrons. The maximum atomic E-state index is 5.42. The number of terminal acetylenes is 1. The number of unbranched alkanes of at least 4 members (excludes halogenated alkanes) is 2. The van der Waals surface area contributed by atoms with Crippen LogP contribution in [0.25, 0.3) is 0 Å². The summed E-state index contributed by atoms with van der Waals surface area (Å²) in [5.41, 5.74) is 5.12. The van der Waals surface area contributed by atoms with Gasteiger partial charge in [-0.3, -0.25) is 0 Å². The summed E-state index contributed by atoms with van der Waals surface area (Å²) in [5.74, 6) is 2.79. The van der Waals surface area contributed by atoms with Gasteiger partial charge in [0.05, 0.1) is 0 Å². The first-order valence-corrected chi connectivity index (χ1v) is 12.1. The molecule has 1 aliphatic carbocycles. The average molecular weight is 441 g/mol. The molecule has 1 heteroatoms. The van der Waals surface area contributed by atoms with Crippen LogP contribution in [0.3, 0.4) is 0 Å². The lowest BCUT2D eigenvalue weighted by Gasteiger charge is -2.10. The van der Waals surface area contributed by atoms with Gasteiger partial charge in [0.25, 0.3) is 0 Å². The Hall–Kier alpha value is -1.91. The largest absolute Gasteiger partial charge is 0.115 e. The molecule has 0 heterocycles. The van der Waals surface area contributed by atoms with Crippen molar-refractivity contribution in [2.24, 2.45) is 0 Å². The highest BCUT2D eigenvalue weighted by Crippen LogP contribution is 2.22. The molecule has 1 aliphatic rings. The Kier molecular flexibility index (Phi) is 28.4. The van der Waals surface area contributed by atoms with Crippen molar-refractivity contribution in [1.82, 2.24) is 0 Å². The van der Waals surface area contributed by atoms with E-state index in [1.807, 2.05) is 32.9 Å². The Balaban J connectivity index is -0.000000379. The van der Waals surface area contributed by atoms with E-state index in [-0.39, 0.29) is 0 Å². The second kappa shape index (κ2) is 26.1. The highest BCUT2D eigenvalue weighted by atomic mass is 32.1. The molecule has 1 rings (SSSR count). The molecule has 0 spiro atoms. The van der Waals surface area contributed by atoms with Gasteiger partial charge in [-0.2, -0.15) is 0 Å². The SMILES string of the molecule is C#CC1=C(CCCC)C=CCC1.C=C/C=C(C)/C=C(C)\C=C/C.CC(C)=S.CCCC. The highest BCUT2D eigenvalue weighted by molar-refractivity contribution is 7.80. The molecule has 174 valence electrons. The van der Waals surface area contributed by atoms with Gasteiger partial charge in [-0.25, -0.2) is 0 Å². The van der Waals surface area contributed by atoms with Crippen LogP contribution in [-0.2, 0) is 0 Å². The fraction of sp³-hybridized carbons (Fsp3) is 0.500. The molecule has 0 nitrogen and oxygen atoms in total. The van der Waals surface area contributed by atoms with Crippen molar-refractivity contribution in [3.05, 3.63) is 71.4 Å². The summed E-state index contributed by atoms with van der Waals surface area (Å²) in [4.78, 5) is 1.00. The summed E-state index contributed by atoms with van der Waals surface area (Å²) in [6, 6.07) is 0. The topological polar surface area (TPSA) is 0 Å². The summed E-state index contributed by atoms with van der Waals surface area (Å²) < 4.78 is 0. The molecule has 31 heavy (non-hydrogen) atoms. The molecule has 0 aromatic heterocycles. The zero-order chi connectivity index (χ0) is 24.5. The minimum Gasteiger partial charge on any atom is -0.115 e. The molecular formula is C30H48S. The predicted octanol–water partition coefficient (Wildman–Crippen LogP) is 10.3. The lowest BCUT2D eigenvalue weighted by molar-refractivity contribution is 0.783. The first kappa shape index (κ1) is 33.7. The lowest BCUT2D eigenvalue weighted by Crippen LogP contribution is -1.93. The predicted molar refractivity (Wildman–Crippen MR) is 151 cm³/mol. The number of hydrogen-bond acceptors (Lipinski definition) is 1. The van der Waals surface area contributed by atoms with E-state index in [0.717, 1.165) is 24.1 Å². The van der Waals surface area contributed by atoms with Gasteiger partial charge in [0.2, 0.25) is 0 Å². The van der Waals surface area contributed by atoms with Gasteiger partial charge in [0.1, 0.15) is 0 Å². The van der Waals surface area contributed by atoms with Crippen molar-refractivity contribution in [3.8, 4) is 12.3 Å². The zero-order valence-corrected chi connectivity index (χ0v) is 22.5. The minimum atomic E-state index is 1.00. The van der Waals surface area contributed by atoms with Crippen molar-refractivity contribution in [3.63, 3.8) is 0 Å². The molecular weight excluding hydrogens is 392 g/mol. The van der Waals surface area contributed by atoms with Crippen LogP contribution in [0.15, 0.2) is 71.4 Å². The summed E-state index contributed by atoms with van der Waals surface area (Å²) in [7, 11) is 0. The standard InChI is InChI=1S/C12H16.C11H16.C4H10.C3H6S/c1-3-5-8-12-10-7-6-9-11(12)4-2;1-5-7-10(3)9-11(4)8-6-2;1-3-4-2;1-3(2)4/h2,7,10H,3,5-6,8-9H2,1H3;5-9H,1H2,2-4H3;3-4H2,1-2H3;1-2H3/b;8-6-,10-7+,11-9-;;. The highest BCUT2D eigenvalue weighted by Gasteiger charge is 2.04. The number of hydrogen-bond donors (Lipinski definition) is 0. The summed E-state index contributed by atoms with van der Waals surface area (Å²) in [5, 5.41) is 0. The van der Waals surface area contributed by atoms with Crippen LogP contribution >= 0.6 is 12.2 Å². The smallest absolute Gasteiger partial charge is 0.00525 e. The van der Waals surface area contributed by atoms with E-state index in [1.54, 1.807) is 6.08 Å². The van der Waals surface area contributed by atoms with Gasteiger partial charge >= 0.3 is 0 Å². The van der Waals surface area contributed by atoms with Gasteiger partial charge < -0.3 is 0 Å². The van der Waals surface area contributed by atoms with Crippen molar-refractivity contribution in [2.45, 2.75) is 100 Å². The van der Waals surface area contributed by atoms with Crippen molar-refractivity contribution < 1.29 is 0 Å².